The van der Waals surface area contributed by atoms with E-state index < -0.39 is 0 Å². The monoisotopic (exact) mass is 346 g/mol. The van der Waals surface area contributed by atoms with Gasteiger partial charge in [0.25, 0.3) is 0 Å². The van der Waals surface area contributed by atoms with Gasteiger partial charge in [-0.25, -0.2) is 0 Å². The van der Waals surface area contributed by atoms with E-state index >= 15 is 0 Å². The molecule has 1 fully saturated rings. The Labute approximate surface area is 147 Å². The van der Waals surface area contributed by atoms with Gasteiger partial charge < -0.3 is 34.9 Å². The summed E-state index contributed by atoms with van der Waals surface area (Å²) in [6.45, 7) is 11.7. The maximum atomic E-state index is 5.35. The second-order valence-corrected chi connectivity index (χ2v) is 5.88. The Bertz CT molecular complexity index is 379. The number of benzene rings is 1. The van der Waals surface area contributed by atoms with Crippen LogP contribution in [0.15, 0.2) is 24.3 Å². The third-order valence-electron chi connectivity index (χ3n) is 3.91. The predicted molar refractivity (Wildman–Crippen MR) is 84.1 cm³/mol. The molecule has 1 aliphatic rings. The molecule has 0 spiro atoms. The Morgan fingerprint density at radius 1 is 1.09 bits per heavy atom. The van der Waals surface area contributed by atoms with Crippen molar-refractivity contribution >= 4 is 0 Å². The number of nitrogens with one attached hydrogen (secondary N) is 1. The van der Waals surface area contributed by atoms with E-state index in [2.05, 4.69) is 48.3 Å². The average molecular weight is 347 g/mol. The number of rotatable bonds is 7. The zero-order chi connectivity index (χ0) is 14.2. The zero-order valence-electron chi connectivity index (χ0n) is 13.7. The summed E-state index contributed by atoms with van der Waals surface area (Å²) in [4.78, 5) is 2.49. The number of ether oxygens (including phenoxy) is 1. The van der Waals surface area contributed by atoms with Gasteiger partial charge in [-0.3, -0.25) is 4.90 Å². The molecule has 2 rings (SSSR count). The number of halogens is 2. The molecule has 1 aliphatic heterocycles. The summed E-state index contributed by atoms with van der Waals surface area (Å²) in [5.74, 6) is 0.616. The van der Waals surface area contributed by atoms with Crippen LogP contribution in [0.2, 0.25) is 0 Å². The first-order valence-electron chi connectivity index (χ1n) is 7.85. The van der Waals surface area contributed by atoms with Crippen LogP contribution in [0, 0.1) is 0 Å². The lowest BCUT2D eigenvalue weighted by Crippen LogP contribution is -3.00. The van der Waals surface area contributed by atoms with Gasteiger partial charge in [-0.2, -0.15) is 0 Å². The molecule has 0 bridgehead atoms. The third kappa shape index (κ3) is 7.80. The van der Waals surface area contributed by atoms with Gasteiger partial charge in [-0.1, -0.05) is 38.1 Å². The minimum atomic E-state index is 0. The SMILES string of the molecule is CC(C)c1ccc(CNCCCN2CCOCC2)cc1.[Cl-].[Cl-]. The Morgan fingerprint density at radius 2 is 1.73 bits per heavy atom. The number of nitrogens with zero attached hydrogens (tertiary/aromatic N) is 1. The van der Waals surface area contributed by atoms with E-state index in [1.165, 1.54) is 24.1 Å². The van der Waals surface area contributed by atoms with Crippen molar-refractivity contribution in [3.63, 3.8) is 0 Å². The van der Waals surface area contributed by atoms with E-state index in [0.29, 0.717) is 5.92 Å². The number of morpholine rings is 1. The lowest BCUT2D eigenvalue weighted by molar-refractivity contribution is -0.001000. The van der Waals surface area contributed by atoms with Crippen molar-refractivity contribution in [3.05, 3.63) is 35.4 Å². The first-order chi connectivity index (χ1) is 9.75. The minimum Gasteiger partial charge on any atom is -1.00 e. The molecule has 0 atom stereocenters. The molecule has 0 radical (unpaired) electrons. The quantitative estimate of drug-likeness (QED) is 0.522. The summed E-state index contributed by atoms with van der Waals surface area (Å²) in [6.07, 6.45) is 1.21. The van der Waals surface area contributed by atoms with Crippen LogP contribution in [0.4, 0.5) is 0 Å². The van der Waals surface area contributed by atoms with E-state index in [1.807, 2.05) is 0 Å². The largest absolute Gasteiger partial charge is 1.00 e. The fourth-order valence-electron chi connectivity index (χ4n) is 2.51. The highest BCUT2D eigenvalue weighted by Crippen LogP contribution is 2.14. The molecule has 0 amide bonds. The lowest BCUT2D eigenvalue weighted by Gasteiger charge is -2.26. The summed E-state index contributed by atoms with van der Waals surface area (Å²) < 4.78 is 5.35. The molecule has 0 aromatic heterocycles. The van der Waals surface area contributed by atoms with Crippen LogP contribution in [0.3, 0.4) is 0 Å². The Hall–Kier alpha value is -0.320. The smallest absolute Gasteiger partial charge is 0.0594 e. The van der Waals surface area contributed by atoms with Crippen LogP contribution in [0.25, 0.3) is 0 Å². The van der Waals surface area contributed by atoms with Crippen molar-refractivity contribution in [1.82, 2.24) is 10.2 Å². The highest BCUT2D eigenvalue weighted by molar-refractivity contribution is 5.24. The molecule has 1 saturated heterocycles. The summed E-state index contributed by atoms with van der Waals surface area (Å²) in [5.41, 5.74) is 2.79. The average Bonchev–Trinajstić information content (AvgIpc) is 2.48. The maximum Gasteiger partial charge on any atom is 0.0594 e. The molecule has 1 heterocycles. The molecule has 0 aliphatic carbocycles. The Morgan fingerprint density at radius 3 is 2.32 bits per heavy atom. The molecular weight excluding hydrogens is 319 g/mol. The minimum absolute atomic E-state index is 0. The van der Waals surface area contributed by atoms with Crippen molar-refractivity contribution < 1.29 is 29.6 Å². The third-order valence-corrected chi connectivity index (χ3v) is 3.91. The fraction of sp³-hybridized carbons (Fsp3) is 0.647. The Kier molecular flexibility index (Phi) is 12.0. The van der Waals surface area contributed by atoms with E-state index in [4.69, 9.17) is 4.74 Å². The normalized spacial score (nSPS) is 15.2. The van der Waals surface area contributed by atoms with E-state index in [-0.39, 0.29) is 24.8 Å². The van der Waals surface area contributed by atoms with Crippen molar-refractivity contribution in [2.24, 2.45) is 0 Å². The van der Waals surface area contributed by atoms with Gasteiger partial charge in [-0.05, 0) is 36.6 Å². The van der Waals surface area contributed by atoms with Crippen molar-refractivity contribution in [2.45, 2.75) is 32.7 Å². The van der Waals surface area contributed by atoms with Crippen LogP contribution in [0.1, 0.15) is 37.3 Å². The van der Waals surface area contributed by atoms with Gasteiger partial charge >= 0.3 is 0 Å². The molecule has 0 unspecified atom stereocenters. The van der Waals surface area contributed by atoms with Crippen LogP contribution >= 0.6 is 0 Å². The van der Waals surface area contributed by atoms with Gasteiger partial charge in [0.15, 0.2) is 0 Å². The Balaban J connectivity index is 0.00000220. The van der Waals surface area contributed by atoms with Gasteiger partial charge in [0.2, 0.25) is 0 Å². The molecule has 128 valence electrons. The highest BCUT2D eigenvalue weighted by Gasteiger charge is 2.08. The van der Waals surface area contributed by atoms with Crippen LogP contribution < -0.4 is 30.1 Å². The predicted octanol–water partition coefficient (Wildman–Crippen LogP) is -3.37. The maximum absolute atomic E-state index is 5.35. The van der Waals surface area contributed by atoms with Crippen LogP contribution in [-0.4, -0.2) is 44.3 Å². The van der Waals surface area contributed by atoms with Gasteiger partial charge in [0.1, 0.15) is 0 Å². The standard InChI is InChI=1S/C17H28N2O.2ClH/c1-15(2)17-6-4-16(5-7-17)14-18-8-3-9-19-10-12-20-13-11-19;;/h4-7,15,18H,3,8-14H2,1-2H3;2*1H/p-2. The first kappa shape index (κ1) is 21.7. The van der Waals surface area contributed by atoms with E-state index in [0.717, 1.165) is 39.4 Å². The summed E-state index contributed by atoms with van der Waals surface area (Å²) in [7, 11) is 0. The van der Waals surface area contributed by atoms with E-state index in [9.17, 15) is 0 Å². The topological polar surface area (TPSA) is 24.5 Å². The summed E-state index contributed by atoms with van der Waals surface area (Å²) >= 11 is 0. The second kappa shape index (κ2) is 12.1. The lowest BCUT2D eigenvalue weighted by atomic mass is 10.0. The molecular formula is C17H28Cl2N2O-2. The van der Waals surface area contributed by atoms with Crippen molar-refractivity contribution in [2.75, 3.05) is 39.4 Å². The van der Waals surface area contributed by atoms with Gasteiger partial charge in [0, 0.05) is 19.6 Å². The summed E-state index contributed by atoms with van der Waals surface area (Å²) in [5, 5.41) is 3.53. The molecule has 1 N–H and O–H groups in total. The summed E-state index contributed by atoms with van der Waals surface area (Å²) in [6, 6.07) is 8.97. The molecule has 1 aromatic carbocycles. The first-order valence-corrected chi connectivity index (χ1v) is 7.85. The van der Waals surface area contributed by atoms with Crippen molar-refractivity contribution in [3.8, 4) is 0 Å². The van der Waals surface area contributed by atoms with Gasteiger partial charge in [-0.15, -0.1) is 0 Å². The molecule has 22 heavy (non-hydrogen) atoms. The number of hydrogen-bond acceptors (Lipinski definition) is 3. The van der Waals surface area contributed by atoms with Crippen molar-refractivity contribution in [1.29, 1.82) is 0 Å². The van der Waals surface area contributed by atoms with E-state index in [1.54, 1.807) is 0 Å². The van der Waals surface area contributed by atoms with Crippen LogP contribution in [-0.2, 0) is 11.3 Å². The second-order valence-electron chi connectivity index (χ2n) is 5.88. The molecule has 3 nitrogen and oxygen atoms in total. The molecule has 0 saturated carbocycles. The number of hydrogen-bond donors (Lipinski definition) is 1. The molecule has 1 aromatic rings. The zero-order valence-corrected chi connectivity index (χ0v) is 15.2. The van der Waals surface area contributed by atoms with Crippen LogP contribution in [0.5, 0.6) is 0 Å². The fourth-order valence-corrected chi connectivity index (χ4v) is 2.51. The molecule has 5 heteroatoms. The van der Waals surface area contributed by atoms with Gasteiger partial charge in [0.05, 0.1) is 13.2 Å². The highest BCUT2D eigenvalue weighted by atomic mass is 35.5.